The monoisotopic (exact) mass is 488 g/mol. The molecule has 2 N–H and O–H groups in total. The molecule has 0 spiro atoms. The Labute approximate surface area is 210 Å². The van der Waals surface area contributed by atoms with Gasteiger partial charge in [-0.25, -0.2) is 9.69 Å². The zero-order valence-corrected chi connectivity index (χ0v) is 22.2. The summed E-state index contributed by atoms with van der Waals surface area (Å²) in [6.45, 7) is 12.9. The van der Waals surface area contributed by atoms with Crippen LogP contribution < -0.4 is 10.6 Å². The van der Waals surface area contributed by atoms with E-state index in [1.54, 1.807) is 4.90 Å². The number of carbonyl (C=O) groups excluding carboxylic acids is 3. The highest BCUT2D eigenvalue weighted by Gasteiger charge is 2.62. The molecule has 196 valence electrons. The van der Waals surface area contributed by atoms with Crippen LogP contribution in [-0.4, -0.2) is 73.2 Å². The zero-order valence-electron chi connectivity index (χ0n) is 22.2. The van der Waals surface area contributed by atoms with Crippen molar-refractivity contribution >= 4 is 17.8 Å². The summed E-state index contributed by atoms with van der Waals surface area (Å²) in [5.74, 6) is -0.362. The van der Waals surface area contributed by atoms with E-state index in [4.69, 9.17) is 4.74 Å². The fourth-order valence-corrected chi connectivity index (χ4v) is 4.55. The number of ether oxygens (including phenoxy) is 1. The van der Waals surface area contributed by atoms with Crippen LogP contribution in [-0.2, 0) is 20.7 Å². The standard InChI is InChI=1S/C27H44N4O4/c1-6-27(7-2)24(33)31(25(27)35-20-23(32)30(9-4)19-18-28-8-3)26(34)29-17-11-10-12-22-15-13-21(5)14-16-22/h13-16,25,28H,6-12,17-20H2,1-5H3,(H,29,34). The van der Waals surface area contributed by atoms with E-state index in [1.807, 2.05) is 27.7 Å². The van der Waals surface area contributed by atoms with Gasteiger partial charge in [-0.2, -0.15) is 0 Å². The number of hydrogen-bond acceptors (Lipinski definition) is 5. The van der Waals surface area contributed by atoms with Crippen molar-refractivity contribution in [2.75, 3.05) is 39.3 Å². The third kappa shape index (κ3) is 7.27. The topological polar surface area (TPSA) is 91.0 Å². The van der Waals surface area contributed by atoms with Crippen molar-refractivity contribution < 1.29 is 19.1 Å². The fourth-order valence-electron chi connectivity index (χ4n) is 4.55. The molecular weight excluding hydrogens is 444 g/mol. The van der Waals surface area contributed by atoms with E-state index in [9.17, 15) is 14.4 Å². The Bertz CT molecular complexity index is 823. The molecule has 0 saturated carbocycles. The van der Waals surface area contributed by atoms with E-state index in [0.717, 1.165) is 30.7 Å². The Morgan fingerprint density at radius 3 is 2.34 bits per heavy atom. The van der Waals surface area contributed by atoms with Crippen LogP contribution in [0, 0.1) is 12.3 Å². The van der Waals surface area contributed by atoms with Crippen molar-refractivity contribution in [2.24, 2.45) is 5.41 Å². The minimum atomic E-state index is -0.760. The molecule has 1 aromatic carbocycles. The number of imide groups is 1. The Morgan fingerprint density at radius 2 is 1.74 bits per heavy atom. The van der Waals surface area contributed by atoms with Crippen LogP contribution in [0.15, 0.2) is 24.3 Å². The second-order valence-electron chi connectivity index (χ2n) is 9.20. The molecule has 1 aromatic rings. The third-order valence-corrected chi connectivity index (χ3v) is 7.03. The van der Waals surface area contributed by atoms with Gasteiger partial charge in [-0.1, -0.05) is 50.6 Å². The molecule has 1 saturated heterocycles. The maximum atomic E-state index is 13.0. The molecule has 0 radical (unpaired) electrons. The summed E-state index contributed by atoms with van der Waals surface area (Å²) in [6, 6.07) is 8.02. The number of unbranched alkanes of at least 4 members (excludes halogenated alkanes) is 1. The first-order valence-corrected chi connectivity index (χ1v) is 13.1. The van der Waals surface area contributed by atoms with Gasteiger partial charge in [0.25, 0.3) is 0 Å². The Hall–Kier alpha value is -2.45. The number of likely N-dealkylation sites (N-methyl/N-ethyl adjacent to an activating group) is 2. The van der Waals surface area contributed by atoms with Gasteiger partial charge in [0.05, 0.1) is 5.41 Å². The van der Waals surface area contributed by atoms with Gasteiger partial charge < -0.3 is 20.3 Å². The lowest BCUT2D eigenvalue weighted by atomic mass is 9.72. The molecule has 8 heteroatoms. The van der Waals surface area contributed by atoms with Gasteiger partial charge in [-0.15, -0.1) is 0 Å². The molecule has 1 atom stereocenters. The lowest BCUT2D eigenvalue weighted by Gasteiger charge is -2.53. The number of carbonyl (C=O) groups is 3. The Morgan fingerprint density at radius 1 is 1.06 bits per heavy atom. The molecule has 1 aliphatic rings. The van der Waals surface area contributed by atoms with Crippen LogP contribution in [0.25, 0.3) is 0 Å². The van der Waals surface area contributed by atoms with Crippen molar-refractivity contribution in [1.29, 1.82) is 0 Å². The lowest BCUT2D eigenvalue weighted by molar-refractivity contribution is -0.211. The molecule has 4 amide bonds. The molecule has 1 aliphatic heterocycles. The SMILES string of the molecule is CCNCCN(CC)C(=O)COC1N(C(=O)NCCCCc2ccc(C)cc2)C(=O)C1(CC)CC. The quantitative estimate of drug-likeness (QED) is 0.291. The summed E-state index contributed by atoms with van der Waals surface area (Å²) < 4.78 is 5.96. The van der Waals surface area contributed by atoms with Crippen molar-refractivity contribution in [1.82, 2.24) is 20.4 Å². The Kier molecular flexibility index (Phi) is 11.7. The minimum Gasteiger partial charge on any atom is -0.347 e. The minimum absolute atomic E-state index is 0.137. The number of nitrogens with zero attached hydrogens (tertiary/aromatic N) is 2. The largest absolute Gasteiger partial charge is 0.347 e. The maximum absolute atomic E-state index is 13.0. The summed E-state index contributed by atoms with van der Waals surface area (Å²) in [6.07, 6.45) is 3.09. The summed E-state index contributed by atoms with van der Waals surface area (Å²) in [7, 11) is 0. The highest BCUT2D eigenvalue weighted by molar-refractivity contribution is 6.03. The number of nitrogens with one attached hydrogen (secondary N) is 2. The van der Waals surface area contributed by atoms with E-state index in [1.165, 1.54) is 11.1 Å². The maximum Gasteiger partial charge on any atom is 0.326 e. The van der Waals surface area contributed by atoms with Crippen LogP contribution >= 0.6 is 0 Å². The van der Waals surface area contributed by atoms with Crippen LogP contribution in [0.4, 0.5) is 4.79 Å². The molecular formula is C27H44N4O4. The van der Waals surface area contributed by atoms with Crippen molar-refractivity contribution in [3.8, 4) is 0 Å². The van der Waals surface area contributed by atoms with Gasteiger partial charge in [-0.3, -0.25) is 9.59 Å². The predicted octanol–water partition coefficient (Wildman–Crippen LogP) is 3.48. The predicted molar refractivity (Wildman–Crippen MR) is 138 cm³/mol. The smallest absolute Gasteiger partial charge is 0.326 e. The molecule has 1 heterocycles. The normalized spacial score (nSPS) is 16.7. The molecule has 2 rings (SSSR count). The number of likely N-dealkylation sites (tertiary alicyclic amines) is 1. The molecule has 0 aliphatic carbocycles. The number of hydrogen-bond donors (Lipinski definition) is 2. The van der Waals surface area contributed by atoms with E-state index in [2.05, 4.69) is 41.8 Å². The molecule has 8 nitrogen and oxygen atoms in total. The first-order valence-electron chi connectivity index (χ1n) is 13.1. The highest BCUT2D eigenvalue weighted by atomic mass is 16.5. The van der Waals surface area contributed by atoms with Gasteiger partial charge in [0.2, 0.25) is 11.8 Å². The molecule has 1 fully saturated rings. The van der Waals surface area contributed by atoms with Crippen LogP contribution in [0.2, 0.25) is 0 Å². The highest BCUT2D eigenvalue weighted by Crippen LogP contribution is 2.45. The van der Waals surface area contributed by atoms with E-state index in [-0.39, 0.29) is 18.4 Å². The second-order valence-corrected chi connectivity index (χ2v) is 9.20. The van der Waals surface area contributed by atoms with Gasteiger partial charge in [0, 0.05) is 26.2 Å². The second kappa shape index (κ2) is 14.2. The number of aryl methyl sites for hydroxylation is 2. The van der Waals surface area contributed by atoms with Crippen LogP contribution in [0.1, 0.15) is 64.5 Å². The van der Waals surface area contributed by atoms with Gasteiger partial charge in [0.15, 0.2) is 6.23 Å². The summed E-state index contributed by atoms with van der Waals surface area (Å²) in [5.41, 5.74) is 1.76. The van der Waals surface area contributed by atoms with Crippen LogP contribution in [0.3, 0.4) is 0 Å². The summed E-state index contributed by atoms with van der Waals surface area (Å²) in [4.78, 5) is 41.4. The van der Waals surface area contributed by atoms with Crippen molar-refractivity contribution in [3.63, 3.8) is 0 Å². The van der Waals surface area contributed by atoms with Crippen LogP contribution in [0.5, 0.6) is 0 Å². The average Bonchev–Trinajstić information content (AvgIpc) is 2.86. The number of β-lactam (4-membered cyclic amide) rings is 1. The van der Waals surface area contributed by atoms with Crippen molar-refractivity contribution in [3.05, 3.63) is 35.4 Å². The number of rotatable bonds is 15. The first kappa shape index (κ1) is 28.8. The zero-order chi connectivity index (χ0) is 25.8. The van der Waals surface area contributed by atoms with Gasteiger partial charge in [0.1, 0.15) is 6.61 Å². The molecule has 35 heavy (non-hydrogen) atoms. The van der Waals surface area contributed by atoms with E-state index in [0.29, 0.717) is 39.0 Å². The first-order chi connectivity index (χ1) is 16.8. The third-order valence-electron chi connectivity index (χ3n) is 7.03. The van der Waals surface area contributed by atoms with Gasteiger partial charge in [-0.05, 0) is 58.1 Å². The number of urea groups is 1. The Balaban J connectivity index is 1.88. The summed E-state index contributed by atoms with van der Waals surface area (Å²) in [5, 5.41) is 6.08. The molecule has 0 aromatic heterocycles. The van der Waals surface area contributed by atoms with Gasteiger partial charge >= 0.3 is 6.03 Å². The van der Waals surface area contributed by atoms with E-state index < -0.39 is 17.7 Å². The number of benzene rings is 1. The number of amides is 4. The molecule has 1 unspecified atom stereocenters. The lowest BCUT2D eigenvalue weighted by Crippen LogP contribution is -2.72. The van der Waals surface area contributed by atoms with Crippen molar-refractivity contribution in [2.45, 2.75) is 73.0 Å². The average molecular weight is 489 g/mol. The molecule has 0 bridgehead atoms. The fraction of sp³-hybridized carbons (Fsp3) is 0.667. The van der Waals surface area contributed by atoms with E-state index >= 15 is 0 Å². The summed E-state index contributed by atoms with van der Waals surface area (Å²) >= 11 is 0.